The zero-order valence-corrected chi connectivity index (χ0v) is 10.9. The highest BCUT2D eigenvalue weighted by Gasteiger charge is 2.10. The number of hydrogen-bond donors (Lipinski definition) is 2. The summed E-state index contributed by atoms with van der Waals surface area (Å²) in [6, 6.07) is 5.77. The number of carbonyl (C=O) groups is 1. The molecule has 4 nitrogen and oxygen atoms in total. The summed E-state index contributed by atoms with van der Waals surface area (Å²) < 4.78 is 26.1. The van der Waals surface area contributed by atoms with Gasteiger partial charge in [0.25, 0.3) is 5.91 Å². The van der Waals surface area contributed by atoms with Crippen LogP contribution in [0.4, 0.5) is 14.6 Å². The van der Waals surface area contributed by atoms with Crippen LogP contribution < -0.4 is 11.1 Å². The fourth-order valence-electron chi connectivity index (χ4n) is 1.60. The summed E-state index contributed by atoms with van der Waals surface area (Å²) in [6.07, 6.45) is 1.46. The molecule has 0 spiro atoms. The molecule has 0 saturated carbocycles. The first kappa shape index (κ1) is 14.6. The molecule has 21 heavy (non-hydrogen) atoms. The first-order chi connectivity index (χ1) is 10.1. The van der Waals surface area contributed by atoms with E-state index in [1.54, 1.807) is 6.07 Å². The summed E-state index contributed by atoms with van der Waals surface area (Å²) in [5.74, 6) is 3.38. The average molecular weight is 287 g/mol. The number of nitrogens with zero attached hydrogens (tertiary/aromatic N) is 1. The molecular formula is C15H11F2N3O. The van der Waals surface area contributed by atoms with Crippen LogP contribution in [-0.2, 0) is 0 Å². The van der Waals surface area contributed by atoms with Crippen molar-refractivity contribution in [1.82, 2.24) is 4.98 Å². The van der Waals surface area contributed by atoms with Crippen LogP contribution in [0.1, 0.15) is 15.9 Å². The number of rotatable bonds is 2. The Kier molecular flexibility index (Phi) is 4.59. The van der Waals surface area contributed by atoms with E-state index in [1.165, 1.54) is 12.3 Å². The summed E-state index contributed by atoms with van der Waals surface area (Å²) in [4.78, 5) is 15.8. The Morgan fingerprint density at radius 2 is 1.95 bits per heavy atom. The molecule has 0 aliphatic carbocycles. The lowest BCUT2D eigenvalue weighted by molar-refractivity contribution is 0.102. The van der Waals surface area contributed by atoms with Gasteiger partial charge in [-0.05, 0) is 24.3 Å². The highest BCUT2D eigenvalue weighted by Crippen LogP contribution is 2.11. The molecule has 0 atom stereocenters. The van der Waals surface area contributed by atoms with Crippen LogP contribution in [-0.4, -0.2) is 17.4 Å². The minimum Gasteiger partial charge on any atom is -0.320 e. The van der Waals surface area contributed by atoms with Crippen LogP contribution in [0.3, 0.4) is 0 Å². The fourth-order valence-corrected chi connectivity index (χ4v) is 1.60. The molecule has 1 heterocycles. The van der Waals surface area contributed by atoms with Gasteiger partial charge in [0.1, 0.15) is 17.5 Å². The number of carbonyl (C=O) groups excluding carboxylic acids is 1. The average Bonchev–Trinajstić information content (AvgIpc) is 2.44. The lowest BCUT2D eigenvalue weighted by Crippen LogP contribution is -2.13. The summed E-state index contributed by atoms with van der Waals surface area (Å²) >= 11 is 0. The number of benzene rings is 1. The Bertz CT molecular complexity index is 715. The highest BCUT2D eigenvalue weighted by atomic mass is 19.1. The minimum absolute atomic E-state index is 0.132. The van der Waals surface area contributed by atoms with Gasteiger partial charge in [-0.2, -0.15) is 0 Å². The van der Waals surface area contributed by atoms with Gasteiger partial charge in [-0.15, -0.1) is 0 Å². The van der Waals surface area contributed by atoms with Gasteiger partial charge in [0.2, 0.25) is 0 Å². The maximum absolute atomic E-state index is 13.1. The predicted molar refractivity (Wildman–Crippen MR) is 74.5 cm³/mol. The molecular weight excluding hydrogens is 276 g/mol. The summed E-state index contributed by atoms with van der Waals surface area (Å²) in [7, 11) is 0. The summed E-state index contributed by atoms with van der Waals surface area (Å²) in [5, 5.41) is 2.45. The van der Waals surface area contributed by atoms with Crippen molar-refractivity contribution in [2.45, 2.75) is 0 Å². The molecule has 0 fully saturated rings. The smallest absolute Gasteiger partial charge is 0.257 e. The van der Waals surface area contributed by atoms with Crippen LogP contribution in [0.15, 0.2) is 36.5 Å². The number of aromatic nitrogens is 1. The topological polar surface area (TPSA) is 68.0 Å². The first-order valence-corrected chi connectivity index (χ1v) is 6.01. The van der Waals surface area contributed by atoms with Crippen molar-refractivity contribution in [3.8, 4) is 11.8 Å². The SMILES string of the molecule is NCC#Cc1ccnc(NC(=O)c2cc(F)cc(F)c2)c1. The van der Waals surface area contributed by atoms with E-state index in [2.05, 4.69) is 22.1 Å². The minimum atomic E-state index is -0.823. The first-order valence-electron chi connectivity index (χ1n) is 6.01. The third-order valence-electron chi connectivity index (χ3n) is 2.46. The second-order valence-electron chi connectivity index (χ2n) is 4.05. The van der Waals surface area contributed by atoms with Crippen LogP contribution >= 0.6 is 0 Å². The van der Waals surface area contributed by atoms with Gasteiger partial charge in [0.15, 0.2) is 0 Å². The van der Waals surface area contributed by atoms with Gasteiger partial charge in [-0.3, -0.25) is 4.79 Å². The second kappa shape index (κ2) is 6.59. The molecule has 2 aromatic rings. The molecule has 0 aliphatic heterocycles. The molecule has 0 radical (unpaired) electrons. The Morgan fingerprint density at radius 1 is 1.24 bits per heavy atom. The lowest BCUT2D eigenvalue weighted by atomic mass is 10.2. The van der Waals surface area contributed by atoms with Crippen molar-refractivity contribution in [2.24, 2.45) is 5.73 Å². The predicted octanol–water partition coefficient (Wildman–Crippen LogP) is 1.92. The third-order valence-corrected chi connectivity index (χ3v) is 2.46. The summed E-state index contributed by atoms with van der Waals surface area (Å²) in [6.45, 7) is 0.215. The number of amides is 1. The monoisotopic (exact) mass is 287 g/mol. The largest absolute Gasteiger partial charge is 0.320 e. The number of nitrogens with two attached hydrogens (primary N) is 1. The Hall–Kier alpha value is -2.78. The van der Waals surface area contributed by atoms with E-state index >= 15 is 0 Å². The number of halogens is 2. The zero-order valence-electron chi connectivity index (χ0n) is 10.9. The number of anilines is 1. The van der Waals surface area contributed by atoms with E-state index < -0.39 is 17.5 Å². The van der Waals surface area contributed by atoms with Gasteiger partial charge >= 0.3 is 0 Å². The molecule has 106 valence electrons. The van der Waals surface area contributed by atoms with Gasteiger partial charge in [0.05, 0.1) is 6.54 Å². The van der Waals surface area contributed by atoms with Crippen molar-refractivity contribution in [1.29, 1.82) is 0 Å². The Balaban J connectivity index is 2.19. The van der Waals surface area contributed by atoms with E-state index in [9.17, 15) is 13.6 Å². The molecule has 1 aromatic heterocycles. The molecule has 2 rings (SSSR count). The molecule has 3 N–H and O–H groups in total. The number of pyridine rings is 1. The Morgan fingerprint density at radius 3 is 2.62 bits per heavy atom. The van der Waals surface area contributed by atoms with E-state index in [4.69, 9.17) is 5.73 Å². The normalized spacial score (nSPS) is 9.67. The zero-order chi connectivity index (χ0) is 15.2. The molecule has 0 saturated heterocycles. The molecule has 0 aliphatic rings. The fraction of sp³-hybridized carbons (Fsp3) is 0.0667. The van der Waals surface area contributed by atoms with Crippen molar-refractivity contribution in [3.05, 3.63) is 59.3 Å². The lowest BCUT2D eigenvalue weighted by Gasteiger charge is -2.05. The number of hydrogen-bond acceptors (Lipinski definition) is 3. The van der Waals surface area contributed by atoms with Crippen LogP contribution in [0.25, 0.3) is 0 Å². The molecule has 6 heteroatoms. The molecule has 1 aromatic carbocycles. The molecule has 0 unspecified atom stereocenters. The number of nitrogens with one attached hydrogen (secondary N) is 1. The van der Waals surface area contributed by atoms with Crippen molar-refractivity contribution in [3.63, 3.8) is 0 Å². The quantitative estimate of drug-likeness (QED) is 0.829. The Labute approximate surface area is 120 Å². The maximum Gasteiger partial charge on any atom is 0.257 e. The van der Waals surface area contributed by atoms with Gasteiger partial charge in [-0.1, -0.05) is 11.8 Å². The molecule has 0 bridgehead atoms. The third kappa shape index (κ3) is 4.09. The van der Waals surface area contributed by atoms with Crippen LogP contribution in [0.5, 0.6) is 0 Å². The standard InChI is InChI=1S/C15H11F2N3O/c16-12-7-11(8-13(17)9-12)15(21)20-14-6-10(2-1-4-18)3-5-19-14/h3,5-9H,4,18H2,(H,19,20,21). The van der Waals surface area contributed by atoms with Gasteiger partial charge in [-0.25, -0.2) is 13.8 Å². The second-order valence-corrected chi connectivity index (χ2v) is 4.05. The van der Waals surface area contributed by atoms with E-state index in [0.717, 1.165) is 12.1 Å². The molecule has 1 amide bonds. The van der Waals surface area contributed by atoms with E-state index in [1.807, 2.05) is 0 Å². The van der Waals surface area contributed by atoms with Crippen molar-refractivity contribution < 1.29 is 13.6 Å². The van der Waals surface area contributed by atoms with Crippen molar-refractivity contribution >= 4 is 11.7 Å². The van der Waals surface area contributed by atoms with Gasteiger partial charge < -0.3 is 11.1 Å². The maximum atomic E-state index is 13.1. The van der Waals surface area contributed by atoms with Gasteiger partial charge in [0, 0.05) is 23.4 Å². The summed E-state index contributed by atoms with van der Waals surface area (Å²) in [5.41, 5.74) is 5.76. The van der Waals surface area contributed by atoms with E-state index in [-0.39, 0.29) is 17.9 Å². The van der Waals surface area contributed by atoms with Crippen molar-refractivity contribution in [2.75, 3.05) is 11.9 Å². The van der Waals surface area contributed by atoms with Crippen LogP contribution in [0, 0.1) is 23.5 Å². The van der Waals surface area contributed by atoms with Crippen LogP contribution in [0.2, 0.25) is 0 Å². The van der Waals surface area contributed by atoms with E-state index in [0.29, 0.717) is 11.6 Å². The highest BCUT2D eigenvalue weighted by molar-refractivity contribution is 6.03.